The van der Waals surface area contributed by atoms with Crippen LogP contribution in [0.5, 0.6) is 0 Å². The van der Waals surface area contributed by atoms with Crippen LogP contribution in [0, 0.1) is 6.92 Å². The lowest BCUT2D eigenvalue weighted by molar-refractivity contribution is -0.136. The summed E-state index contributed by atoms with van der Waals surface area (Å²) in [5, 5.41) is 9.92. The molecule has 1 aromatic heterocycles. The van der Waals surface area contributed by atoms with Crippen molar-refractivity contribution in [1.29, 1.82) is 0 Å². The molecule has 3 nitrogen and oxygen atoms in total. The van der Waals surface area contributed by atoms with Crippen LogP contribution in [-0.2, 0) is 4.79 Å². The number of carbonyl (C=O) groups is 1. The van der Waals surface area contributed by atoms with Crippen LogP contribution in [0.15, 0.2) is 48.5 Å². The van der Waals surface area contributed by atoms with Crippen molar-refractivity contribution in [1.82, 2.24) is 4.98 Å². The zero-order valence-corrected chi connectivity index (χ0v) is 13.6. The van der Waals surface area contributed by atoms with Crippen LogP contribution >= 0.6 is 11.3 Å². The normalized spacial score (nSPS) is 11.8. The van der Waals surface area contributed by atoms with Crippen LogP contribution in [0.1, 0.15) is 29.0 Å². The Labute approximate surface area is 138 Å². The summed E-state index contributed by atoms with van der Waals surface area (Å²) in [4.78, 5) is 15.7. The molecular weight excluding hydrogens is 306 g/mol. The van der Waals surface area contributed by atoms with Crippen molar-refractivity contribution in [2.45, 2.75) is 19.8 Å². The Bertz CT molecular complexity index is 847. The van der Waals surface area contributed by atoms with E-state index in [-0.39, 0.29) is 6.42 Å². The molecule has 1 N–H and O–H groups in total. The number of rotatable bonds is 5. The van der Waals surface area contributed by atoms with Gasteiger partial charge in [-0.3, -0.25) is 4.79 Å². The molecule has 0 atom stereocenters. The zero-order chi connectivity index (χ0) is 16.2. The van der Waals surface area contributed by atoms with Crippen molar-refractivity contribution < 1.29 is 9.90 Å². The second-order valence-corrected chi connectivity index (χ2v) is 6.44. The number of nitrogens with zero attached hydrogens (tertiary/aromatic N) is 1. The Morgan fingerprint density at radius 1 is 1.13 bits per heavy atom. The van der Waals surface area contributed by atoms with E-state index in [2.05, 4.69) is 24.1 Å². The van der Waals surface area contributed by atoms with Gasteiger partial charge in [-0.05, 0) is 48.3 Å². The number of allylic oxidation sites excluding steroid dienone is 1. The predicted octanol–water partition coefficient (Wildman–Crippen LogP) is 5.01. The molecule has 0 radical (unpaired) electrons. The van der Waals surface area contributed by atoms with E-state index in [9.17, 15) is 4.79 Å². The second kappa shape index (κ2) is 6.75. The molecule has 0 saturated heterocycles. The third-order valence-corrected chi connectivity index (χ3v) is 4.81. The number of carboxylic acid groups (broad SMARTS) is 1. The summed E-state index contributed by atoms with van der Waals surface area (Å²) in [6.45, 7) is 2.05. The van der Waals surface area contributed by atoms with Crippen molar-refractivity contribution in [2.24, 2.45) is 0 Å². The maximum atomic E-state index is 11.0. The number of thiazole rings is 1. The fourth-order valence-corrected chi connectivity index (χ4v) is 3.44. The Balaban J connectivity index is 2.04. The third-order valence-electron chi connectivity index (χ3n) is 3.69. The summed E-state index contributed by atoms with van der Waals surface area (Å²) in [6, 6.07) is 16.1. The molecule has 0 fully saturated rings. The Morgan fingerprint density at radius 2 is 1.87 bits per heavy atom. The predicted molar refractivity (Wildman–Crippen MR) is 95.5 cm³/mol. The van der Waals surface area contributed by atoms with Gasteiger partial charge in [-0.25, -0.2) is 4.98 Å². The van der Waals surface area contributed by atoms with Gasteiger partial charge in [0.05, 0.1) is 10.2 Å². The molecule has 3 aromatic rings. The van der Waals surface area contributed by atoms with Crippen molar-refractivity contribution in [3.63, 3.8) is 0 Å². The van der Waals surface area contributed by atoms with Gasteiger partial charge in [-0.1, -0.05) is 36.4 Å². The van der Waals surface area contributed by atoms with E-state index in [0.717, 1.165) is 26.4 Å². The average Bonchev–Trinajstić information content (AvgIpc) is 2.96. The number of aryl methyl sites for hydroxylation is 1. The van der Waals surface area contributed by atoms with Gasteiger partial charge in [0.25, 0.3) is 0 Å². The molecule has 23 heavy (non-hydrogen) atoms. The Kier molecular flexibility index (Phi) is 4.53. The summed E-state index contributed by atoms with van der Waals surface area (Å²) < 4.78 is 1.12. The first-order valence-electron chi connectivity index (χ1n) is 7.47. The first-order valence-corrected chi connectivity index (χ1v) is 8.29. The molecule has 0 unspecified atom stereocenters. The van der Waals surface area contributed by atoms with Crippen LogP contribution in [0.3, 0.4) is 0 Å². The van der Waals surface area contributed by atoms with Crippen LogP contribution in [0.4, 0.5) is 0 Å². The largest absolute Gasteiger partial charge is 0.481 e. The number of benzene rings is 2. The van der Waals surface area contributed by atoms with Gasteiger partial charge >= 0.3 is 5.97 Å². The minimum atomic E-state index is -0.790. The molecule has 4 heteroatoms. The molecule has 0 amide bonds. The molecule has 0 aliphatic carbocycles. The summed E-state index contributed by atoms with van der Waals surface area (Å²) in [7, 11) is 0. The van der Waals surface area contributed by atoms with Crippen molar-refractivity contribution in [3.8, 4) is 0 Å². The summed E-state index contributed by atoms with van der Waals surface area (Å²) >= 11 is 1.61. The number of hydrogen-bond donors (Lipinski definition) is 1. The topological polar surface area (TPSA) is 50.2 Å². The molecule has 0 aliphatic heterocycles. The standard InChI is InChI=1S/C19H17NO2S/c1-13-6-2-3-7-14(13)12-15(10-11-18(21)22)19-20-16-8-4-5-9-17(16)23-19/h2-9,12H,10-11H2,1H3,(H,21,22)/b15-12-. The first kappa shape index (κ1) is 15.4. The molecule has 0 bridgehead atoms. The molecule has 2 aromatic carbocycles. The van der Waals surface area contributed by atoms with Gasteiger partial charge in [0.15, 0.2) is 0 Å². The lowest BCUT2D eigenvalue weighted by Gasteiger charge is -2.05. The van der Waals surface area contributed by atoms with E-state index in [4.69, 9.17) is 5.11 Å². The fraction of sp³-hybridized carbons (Fsp3) is 0.158. The van der Waals surface area contributed by atoms with E-state index in [1.54, 1.807) is 11.3 Å². The number of para-hydroxylation sites is 1. The van der Waals surface area contributed by atoms with E-state index in [1.807, 2.05) is 42.5 Å². The van der Waals surface area contributed by atoms with Gasteiger partial charge in [0.1, 0.15) is 5.01 Å². The highest BCUT2D eigenvalue weighted by Gasteiger charge is 2.11. The highest BCUT2D eigenvalue weighted by atomic mass is 32.1. The first-order chi connectivity index (χ1) is 11.1. The summed E-state index contributed by atoms with van der Waals surface area (Å²) in [5.41, 5.74) is 4.20. The maximum Gasteiger partial charge on any atom is 0.303 e. The van der Waals surface area contributed by atoms with Crippen LogP contribution in [-0.4, -0.2) is 16.1 Å². The quantitative estimate of drug-likeness (QED) is 0.718. The minimum absolute atomic E-state index is 0.105. The molecule has 1 heterocycles. The monoisotopic (exact) mass is 323 g/mol. The van der Waals surface area contributed by atoms with Crippen LogP contribution < -0.4 is 0 Å². The minimum Gasteiger partial charge on any atom is -0.481 e. The molecule has 3 rings (SSSR count). The van der Waals surface area contributed by atoms with Crippen LogP contribution in [0.2, 0.25) is 0 Å². The number of carboxylic acids is 1. The summed E-state index contributed by atoms with van der Waals surface area (Å²) in [6.07, 6.45) is 2.65. The molecular formula is C19H17NO2S. The number of aromatic nitrogens is 1. The molecule has 0 aliphatic rings. The SMILES string of the molecule is Cc1ccccc1/C=C(/CCC(=O)O)c1nc2ccccc2s1. The number of aliphatic carboxylic acids is 1. The van der Waals surface area contributed by atoms with Gasteiger partial charge in [0.2, 0.25) is 0 Å². The summed E-state index contributed by atoms with van der Waals surface area (Å²) in [5.74, 6) is -0.790. The Morgan fingerprint density at radius 3 is 2.61 bits per heavy atom. The lowest BCUT2D eigenvalue weighted by Crippen LogP contribution is -1.96. The second-order valence-electron chi connectivity index (χ2n) is 5.41. The van der Waals surface area contributed by atoms with E-state index >= 15 is 0 Å². The van der Waals surface area contributed by atoms with Crippen molar-refractivity contribution in [3.05, 3.63) is 64.7 Å². The zero-order valence-electron chi connectivity index (χ0n) is 12.8. The third kappa shape index (κ3) is 3.66. The Hall–Kier alpha value is -2.46. The number of fused-ring (bicyclic) bond motifs is 1. The molecule has 116 valence electrons. The van der Waals surface area contributed by atoms with Crippen molar-refractivity contribution >= 4 is 39.2 Å². The number of hydrogen-bond acceptors (Lipinski definition) is 3. The van der Waals surface area contributed by atoms with Gasteiger partial charge in [-0.2, -0.15) is 0 Å². The maximum absolute atomic E-state index is 11.0. The van der Waals surface area contributed by atoms with Crippen molar-refractivity contribution in [2.75, 3.05) is 0 Å². The fourth-order valence-electron chi connectivity index (χ4n) is 2.43. The highest BCUT2D eigenvalue weighted by molar-refractivity contribution is 7.19. The average molecular weight is 323 g/mol. The van der Waals surface area contributed by atoms with Gasteiger partial charge in [0, 0.05) is 6.42 Å². The van der Waals surface area contributed by atoms with E-state index in [1.165, 1.54) is 5.56 Å². The van der Waals surface area contributed by atoms with E-state index < -0.39 is 5.97 Å². The van der Waals surface area contributed by atoms with E-state index in [0.29, 0.717) is 6.42 Å². The van der Waals surface area contributed by atoms with Gasteiger partial charge in [-0.15, -0.1) is 11.3 Å². The van der Waals surface area contributed by atoms with Gasteiger partial charge < -0.3 is 5.11 Å². The smallest absolute Gasteiger partial charge is 0.303 e. The molecule has 0 spiro atoms. The molecule has 0 saturated carbocycles. The van der Waals surface area contributed by atoms with Crippen LogP contribution in [0.25, 0.3) is 21.9 Å². The highest BCUT2D eigenvalue weighted by Crippen LogP contribution is 2.31. The lowest BCUT2D eigenvalue weighted by atomic mass is 10.0.